The molecule has 2 rings (SSSR count). The van der Waals surface area contributed by atoms with Gasteiger partial charge in [-0.15, -0.1) is 0 Å². The number of hydrogen-bond acceptors (Lipinski definition) is 3. The second kappa shape index (κ2) is 4.79. The van der Waals surface area contributed by atoms with Crippen molar-refractivity contribution in [2.45, 2.75) is 19.1 Å². The largest absolute Gasteiger partial charge is 0.406 e. The number of aromatic amines is 1. The first kappa shape index (κ1) is 13.2. The van der Waals surface area contributed by atoms with Gasteiger partial charge in [0.15, 0.2) is 0 Å². The zero-order valence-corrected chi connectivity index (χ0v) is 9.74. The molecule has 0 aliphatic rings. The van der Waals surface area contributed by atoms with E-state index in [-0.39, 0.29) is 12.2 Å². The Morgan fingerprint density at radius 3 is 2.74 bits per heavy atom. The Kier molecular flexibility index (Phi) is 3.32. The monoisotopic (exact) mass is 272 g/mol. The number of anilines is 1. The molecule has 8 heteroatoms. The van der Waals surface area contributed by atoms with Crippen molar-refractivity contribution in [2.24, 2.45) is 0 Å². The number of nitrogens with two attached hydrogens (primary N) is 1. The van der Waals surface area contributed by atoms with Gasteiger partial charge in [0.1, 0.15) is 12.4 Å². The van der Waals surface area contributed by atoms with E-state index in [9.17, 15) is 18.0 Å². The maximum Gasteiger partial charge on any atom is 0.406 e. The Hall–Kier alpha value is -2.25. The molecule has 0 amide bonds. The van der Waals surface area contributed by atoms with E-state index in [1.807, 2.05) is 5.10 Å². The lowest BCUT2D eigenvalue weighted by Crippen LogP contribution is -2.27. The van der Waals surface area contributed by atoms with Crippen LogP contribution in [0, 0.1) is 0 Å². The van der Waals surface area contributed by atoms with Crippen molar-refractivity contribution in [3.8, 4) is 0 Å². The molecule has 19 heavy (non-hydrogen) atoms. The van der Waals surface area contributed by atoms with Crippen molar-refractivity contribution < 1.29 is 13.2 Å². The van der Waals surface area contributed by atoms with E-state index in [2.05, 4.69) is 5.10 Å². The third-order valence-corrected chi connectivity index (χ3v) is 2.49. The number of nitrogens with zero attached hydrogens (tertiary/aromatic N) is 2. The van der Waals surface area contributed by atoms with Gasteiger partial charge in [-0.05, 0) is 17.7 Å². The molecule has 0 bridgehead atoms. The number of nitrogen functional groups attached to an aromatic ring is 1. The first-order valence-electron chi connectivity index (χ1n) is 5.40. The van der Waals surface area contributed by atoms with Gasteiger partial charge in [-0.3, -0.25) is 4.57 Å². The van der Waals surface area contributed by atoms with Gasteiger partial charge in [-0.2, -0.15) is 18.3 Å². The number of nitrogens with one attached hydrogen (secondary N) is 1. The number of aromatic nitrogens is 3. The van der Waals surface area contributed by atoms with Crippen LogP contribution in [0.1, 0.15) is 11.4 Å². The highest BCUT2D eigenvalue weighted by Crippen LogP contribution is 2.18. The van der Waals surface area contributed by atoms with E-state index in [0.29, 0.717) is 15.8 Å². The van der Waals surface area contributed by atoms with Gasteiger partial charge in [0.25, 0.3) is 0 Å². The summed E-state index contributed by atoms with van der Waals surface area (Å²) in [5, 5.41) is 5.63. The second-order valence-electron chi connectivity index (χ2n) is 4.07. The Morgan fingerprint density at radius 2 is 2.11 bits per heavy atom. The third kappa shape index (κ3) is 3.36. The number of rotatable bonds is 3. The quantitative estimate of drug-likeness (QED) is 0.827. The molecular formula is C11H11F3N4O. The van der Waals surface area contributed by atoms with E-state index < -0.39 is 18.4 Å². The molecule has 0 atom stereocenters. The van der Waals surface area contributed by atoms with Crippen molar-refractivity contribution in [2.75, 3.05) is 5.73 Å². The normalized spacial score (nSPS) is 11.7. The first-order valence-corrected chi connectivity index (χ1v) is 5.40. The van der Waals surface area contributed by atoms with E-state index in [4.69, 9.17) is 5.73 Å². The molecule has 0 unspecified atom stereocenters. The van der Waals surface area contributed by atoms with Gasteiger partial charge in [0, 0.05) is 12.1 Å². The van der Waals surface area contributed by atoms with Gasteiger partial charge in [-0.1, -0.05) is 12.1 Å². The van der Waals surface area contributed by atoms with Crippen LogP contribution in [-0.4, -0.2) is 20.9 Å². The lowest BCUT2D eigenvalue weighted by molar-refractivity contribution is -0.141. The molecule has 0 saturated carbocycles. The molecule has 1 heterocycles. The van der Waals surface area contributed by atoms with Gasteiger partial charge in [-0.25, -0.2) is 9.89 Å². The van der Waals surface area contributed by atoms with Crippen molar-refractivity contribution in [3.05, 3.63) is 46.1 Å². The Bertz CT molecular complexity index is 629. The van der Waals surface area contributed by atoms with Gasteiger partial charge in [0.2, 0.25) is 0 Å². The molecule has 2 aromatic rings. The maximum atomic E-state index is 12.4. The highest BCUT2D eigenvalue weighted by Gasteiger charge is 2.30. The predicted octanol–water partition coefficient (Wildman–Crippen LogP) is 1.31. The number of benzene rings is 1. The number of H-pyrrole nitrogens is 1. The Labute approximate surface area is 105 Å². The van der Waals surface area contributed by atoms with Crippen LogP contribution in [0.3, 0.4) is 0 Å². The molecule has 1 aromatic heterocycles. The van der Waals surface area contributed by atoms with E-state index >= 15 is 0 Å². The minimum atomic E-state index is -4.47. The SMILES string of the molecule is Nc1cccc(Cc2n[nH]c(=O)n2CC(F)(F)F)c1. The highest BCUT2D eigenvalue weighted by atomic mass is 19.4. The summed E-state index contributed by atoms with van der Waals surface area (Å²) in [4.78, 5) is 11.3. The van der Waals surface area contributed by atoms with Crippen LogP contribution in [0.2, 0.25) is 0 Å². The Balaban J connectivity index is 2.29. The van der Waals surface area contributed by atoms with Crippen LogP contribution in [0.4, 0.5) is 18.9 Å². The summed E-state index contributed by atoms with van der Waals surface area (Å²) in [5.74, 6) is 0.0212. The van der Waals surface area contributed by atoms with Gasteiger partial charge >= 0.3 is 11.9 Å². The van der Waals surface area contributed by atoms with Crippen molar-refractivity contribution >= 4 is 5.69 Å². The standard InChI is InChI=1S/C11H11F3N4O/c12-11(13,14)6-18-9(16-17-10(18)19)5-7-2-1-3-8(15)4-7/h1-4H,5-6,15H2,(H,17,19). The highest BCUT2D eigenvalue weighted by molar-refractivity contribution is 5.41. The average Bonchev–Trinajstić information content (AvgIpc) is 2.60. The van der Waals surface area contributed by atoms with Crippen molar-refractivity contribution in [1.29, 1.82) is 0 Å². The summed E-state index contributed by atoms with van der Waals surface area (Å²) in [6.07, 6.45) is -4.38. The van der Waals surface area contributed by atoms with Crippen LogP contribution >= 0.6 is 0 Å². The van der Waals surface area contributed by atoms with Crippen molar-refractivity contribution in [3.63, 3.8) is 0 Å². The molecule has 0 aliphatic heterocycles. The fraction of sp³-hybridized carbons (Fsp3) is 0.273. The minimum absolute atomic E-state index is 0.0212. The first-order chi connectivity index (χ1) is 8.85. The van der Waals surface area contributed by atoms with Crippen LogP contribution in [0.15, 0.2) is 29.1 Å². The summed E-state index contributed by atoms with van der Waals surface area (Å²) in [6.45, 7) is -1.36. The lowest BCUT2D eigenvalue weighted by Gasteiger charge is -2.09. The second-order valence-corrected chi connectivity index (χ2v) is 4.07. The predicted molar refractivity (Wildman–Crippen MR) is 62.6 cm³/mol. The lowest BCUT2D eigenvalue weighted by atomic mass is 10.1. The number of halogens is 3. The molecule has 102 valence electrons. The topological polar surface area (TPSA) is 76.7 Å². The maximum absolute atomic E-state index is 12.4. The molecule has 0 saturated heterocycles. The molecule has 0 spiro atoms. The average molecular weight is 272 g/mol. The smallest absolute Gasteiger partial charge is 0.399 e. The molecule has 0 aliphatic carbocycles. The van der Waals surface area contributed by atoms with Crippen LogP contribution in [0.5, 0.6) is 0 Å². The van der Waals surface area contributed by atoms with Crippen LogP contribution in [0.25, 0.3) is 0 Å². The third-order valence-electron chi connectivity index (χ3n) is 2.49. The van der Waals surface area contributed by atoms with E-state index in [0.717, 1.165) is 0 Å². The molecule has 3 N–H and O–H groups in total. The summed E-state index contributed by atoms with van der Waals surface area (Å²) in [5.41, 5.74) is 5.88. The zero-order chi connectivity index (χ0) is 14.0. The molecule has 1 aromatic carbocycles. The summed E-state index contributed by atoms with van der Waals surface area (Å²) in [6, 6.07) is 6.67. The van der Waals surface area contributed by atoms with Crippen LogP contribution < -0.4 is 11.4 Å². The zero-order valence-electron chi connectivity index (χ0n) is 9.74. The Morgan fingerprint density at radius 1 is 1.37 bits per heavy atom. The number of alkyl halides is 3. The molecule has 5 nitrogen and oxygen atoms in total. The summed E-state index contributed by atoms with van der Waals surface area (Å²) in [7, 11) is 0. The van der Waals surface area contributed by atoms with Crippen LogP contribution in [-0.2, 0) is 13.0 Å². The van der Waals surface area contributed by atoms with Gasteiger partial charge in [0.05, 0.1) is 0 Å². The molecule has 0 fully saturated rings. The summed E-state index contributed by atoms with van der Waals surface area (Å²) < 4.78 is 37.7. The fourth-order valence-corrected chi connectivity index (χ4v) is 1.71. The fourth-order valence-electron chi connectivity index (χ4n) is 1.71. The van der Waals surface area contributed by atoms with E-state index in [1.54, 1.807) is 24.3 Å². The van der Waals surface area contributed by atoms with Gasteiger partial charge < -0.3 is 5.73 Å². The molecule has 0 radical (unpaired) electrons. The minimum Gasteiger partial charge on any atom is -0.399 e. The summed E-state index contributed by atoms with van der Waals surface area (Å²) >= 11 is 0. The van der Waals surface area contributed by atoms with E-state index in [1.165, 1.54) is 0 Å². The van der Waals surface area contributed by atoms with Crippen molar-refractivity contribution in [1.82, 2.24) is 14.8 Å². The molecular weight excluding hydrogens is 261 g/mol. The number of hydrogen-bond donors (Lipinski definition) is 2.